The zero-order chi connectivity index (χ0) is 34.7. The zero-order valence-corrected chi connectivity index (χ0v) is 28.0. The maximum atomic E-state index is 13.5. The molecule has 0 spiro atoms. The van der Waals surface area contributed by atoms with Crippen LogP contribution in [0.5, 0.6) is 5.75 Å². The molecule has 3 atom stereocenters. The van der Waals surface area contributed by atoms with Crippen molar-refractivity contribution in [3.63, 3.8) is 0 Å². The number of carbonyl (C=O) groups excluding carboxylic acids is 4. The molecule has 1 saturated heterocycles. The molecule has 3 rings (SSSR count). The monoisotopic (exact) mass is 684 g/mol. The highest BCUT2D eigenvalue weighted by Gasteiger charge is 2.29. The summed E-state index contributed by atoms with van der Waals surface area (Å²) in [5.74, 6) is -2.45. The van der Waals surface area contributed by atoms with Gasteiger partial charge in [-0.15, -0.1) is 0 Å². The number of rotatable bonds is 20. The highest BCUT2D eigenvalue weighted by atomic mass is 32.1. The van der Waals surface area contributed by atoms with Gasteiger partial charge in [-0.3, -0.25) is 19.2 Å². The summed E-state index contributed by atoms with van der Waals surface area (Å²) in [6.45, 7) is 2.12. The van der Waals surface area contributed by atoms with Gasteiger partial charge in [-0.05, 0) is 68.0 Å². The molecule has 4 amide bonds. The molecule has 0 saturated carbocycles. The molecular weight excluding hydrogens is 636 g/mol. The van der Waals surface area contributed by atoms with Crippen LogP contribution in [0, 0.1) is 5.92 Å². The van der Waals surface area contributed by atoms with Crippen LogP contribution in [0.1, 0.15) is 43.2 Å². The average molecular weight is 685 g/mol. The molecule has 262 valence electrons. The predicted molar refractivity (Wildman–Crippen MR) is 185 cm³/mol. The Morgan fingerprint density at radius 2 is 1.46 bits per heavy atom. The van der Waals surface area contributed by atoms with Gasteiger partial charge in [0.25, 0.3) is 0 Å². The molecule has 1 fully saturated rings. The molecule has 13 nitrogen and oxygen atoms in total. The van der Waals surface area contributed by atoms with E-state index in [0.717, 1.165) is 37.4 Å². The lowest BCUT2D eigenvalue weighted by molar-refractivity contribution is -0.142. The quantitative estimate of drug-likeness (QED) is 0.0725. The molecule has 8 N–H and O–H groups in total. The zero-order valence-electron chi connectivity index (χ0n) is 27.1. The molecule has 0 aromatic heterocycles. The SMILES string of the molecule is NCC(=O)NCC(=O)NC(CS)C(=O)NC(Cc1ccccc1)C(=O)NC(Cc1ccc(OCCCCC2CCNCC2)cc1)C(=O)O. The van der Waals surface area contributed by atoms with Crippen LogP contribution in [0.2, 0.25) is 0 Å². The Morgan fingerprint density at radius 1 is 0.833 bits per heavy atom. The van der Waals surface area contributed by atoms with Gasteiger partial charge in [-0.1, -0.05) is 48.9 Å². The molecular formula is C34H48N6O7S. The Morgan fingerprint density at radius 3 is 2.10 bits per heavy atom. The number of piperidine rings is 1. The number of hydrogen-bond acceptors (Lipinski definition) is 9. The fourth-order valence-electron chi connectivity index (χ4n) is 5.35. The van der Waals surface area contributed by atoms with E-state index in [4.69, 9.17) is 10.5 Å². The molecule has 0 radical (unpaired) electrons. The second-order valence-electron chi connectivity index (χ2n) is 11.8. The van der Waals surface area contributed by atoms with Crippen molar-refractivity contribution < 1.29 is 33.8 Å². The van der Waals surface area contributed by atoms with Crippen LogP contribution >= 0.6 is 12.6 Å². The molecule has 48 heavy (non-hydrogen) atoms. The van der Waals surface area contributed by atoms with Crippen LogP contribution in [0.25, 0.3) is 0 Å². The van der Waals surface area contributed by atoms with E-state index in [1.807, 2.05) is 0 Å². The summed E-state index contributed by atoms with van der Waals surface area (Å²) < 4.78 is 5.88. The summed E-state index contributed by atoms with van der Waals surface area (Å²) in [6, 6.07) is 12.5. The van der Waals surface area contributed by atoms with Crippen molar-refractivity contribution in [1.82, 2.24) is 26.6 Å². The van der Waals surface area contributed by atoms with Gasteiger partial charge in [-0.25, -0.2) is 4.79 Å². The minimum Gasteiger partial charge on any atom is -0.494 e. The second-order valence-corrected chi connectivity index (χ2v) is 12.2. The van der Waals surface area contributed by atoms with E-state index < -0.39 is 54.3 Å². The first-order valence-corrected chi connectivity index (χ1v) is 17.0. The van der Waals surface area contributed by atoms with Gasteiger partial charge >= 0.3 is 5.97 Å². The lowest BCUT2D eigenvalue weighted by Gasteiger charge is -2.24. The topological polar surface area (TPSA) is 201 Å². The van der Waals surface area contributed by atoms with Crippen LogP contribution in [0.15, 0.2) is 54.6 Å². The number of aliphatic carboxylic acids is 1. The van der Waals surface area contributed by atoms with E-state index in [1.54, 1.807) is 54.6 Å². The minimum absolute atomic E-state index is 0.00739. The van der Waals surface area contributed by atoms with Gasteiger partial charge in [0.15, 0.2) is 0 Å². The molecule has 14 heteroatoms. The fraction of sp³-hybridized carbons (Fsp3) is 0.500. The number of nitrogens with two attached hydrogens (primary N) is 1. The van der Waals surface area contributed by atoms with Crippen molar-refractivity contribution in [1.29, 1.82) is 0 Å². The molecule has 2 aromatic carbocycles. The first-order chi connectivity index (χ1) is 23.2. The van der Waals surface area contributed by atoms with Crippen LogP contribution in [0.4, 0.5) is 0 Å². The van der Waals surface area contributed by atoms with E-state index in [9.17, 15) is 29.1 Å². The van der Waals surface area contributed by atoms with Crippen molar-refractivity contribution in [2.75, 3.05) is 38.5 Å². The Hall–Kier alpha value is -4.14. The van der Waals surface area contributed by atoms with Gasteiger partial charge in [0.2, 0.25) is 23.6 Å². The summed E-state index contributed by atoms with van der Waals surface area (Å²) in [5.41, 5.74) is 6.63. The summed E-state index contributed by atoms with van der Waals surface area (Å²) in [4.78, 5) is 62.5. The van der Waals surface area contributed by atoms with E-state index in [2.05, 4.69) is 39.2 Å². The summed E-state index contributed by atoms with van der Waals surface area (Å²) in [6.07, 6.45) is 5.84. The molecule has 3 unspecified atom stereocenters. The summed E-state index contributed by atoms with van der Waals surface area (Å²) in [5, 5.41) is 23.3. The van der Waals surface area contributed by atoms with Crippen molar-refractivity contribution in [3.05, 3.63) is 65.7 Å². The van der Waals surface area contributed by atoms with Crippen molar-refractivity contribution >= 4 is 42.2 Å². The number of ether oxygens (including phenoxy) is 1. The molecule has 1 aliphatic heterocycles. The maximum absolute atomic E-state index is 13.5. The average Bonchev–Trinajstić information content (AvgIpc) is 3.10. The molecule has 2 aromatic rings. The Balaban J connectivity index is 1.57. The highest BCUT2D eigenvalue weighted by Crippen LogP contribution is 2.19. The van der Waals surface area contributed by atoms with E-state index in [1.165, 1.54) is 19.3 Å². The fourth-order valence-corrected chi connectivity index (χ4v) is 5.60. The maximum Gasteiger partial charge on any atom is 0.326 e. The van der Waals surface area contributed by atoms with Crippen molar-refractivity contribution in [3.8, 4) is 5.75 Å². The van der Waals surface area contributed by atoms with Gasteiger partial charge in [0, 0.05) is 18.6 Å². The number of hydrogen-bond donors (Lipinski definition) is 8. The van der Waals surface area contributed by atoms with Gasteiger partial charge in [0.1, 0.15) is 23.9 Å². The summed E-state index contributed by atoms with van der Waals surface area (Å²) >= 11 is 4.15. The molecule has 1 heterocycles. The number of nitrogens with one attached hydrogen (secondary N) is 5. The van der Waals surface area contributed by atoms with Crippen molar-refractivity contribution in [2.45, 2.75) is 63.1 Å². The van der Waals surface area contributed by atoms with Crippen LogP contribution in [-0.4, -0.2) is 91.4 Å². The second kappa shape index (κ2) is 21.0. The Bertz CT molecular complexity index is 1330. The van der Waals surface area contributed by atoms with E-state index in [0.29, 0.717) is 17.9 Å². The first kappa shape index (κ1) is 38.3. The van der Waals surface area contributed by atoms with Gasteiger partial charge < -0.3 is 42.2 Å². The standard InChI is InChI=1S/C34H48N6O7S/c35-20-30(41)37-21-31(42)38-29(22-48)33(44)39-27(18-24-7-2-1-3-8-24)32(43)40-28(34(45)46)19-25-9-11-26(12-10-25)47-17-5-4-6-23-13-15-36-16-14-23/h1-3,7-12,23,27-29,36,48H,4-6,13-22,35H2,(H,37,41)(H,38,42)(H,39,44)(H,40,43)(H,45,46). The summed E-state index contributed by atoms with van der Waals surface area (Å²) in [7, 11) is 0. The number of carboxylic acid groups (broad SMARTS) is 1. The van der Waals surface area contributed by atoms with Crippen molar-refractivity contribution in [2.24, 2.45) is 11.7 Å². The lowest BCUT2D eigenvalue weighted by atomic mass is 9.93. The van der Waals surface area contributed by atoms with Crippen LogP contribution in [-0.2, 0) is 36.8 Å². The molecule has 0 bridgehead atoms. The Kier molecular flexibility index (Phi) is 16.7. The number of carbonyl (C=O) groups is 5. The van der Waals surface area contributed by atoms with Gasteiger partial charge in [-0.2, -0.15) is 12.6 Å². The third-order valence-electron chi connectivity index (χ3n) is 8.09. The predicted octanol–water partition coefficient (Wildman–Crippen LogP) is 0.564. The largest absolute Gasteiger partial charge is 0.494 e. The first-order valence-electron chi connectivity index (χ1n) is 16.3. The van der Waals surface area contributed by atoms with E-state index >= 15 is 0 Å². The molecule has 1 aliphatic rings. The number of benzene rings is 2. The molecule has 0 aliphatic carbocycles. The number of thiol groups is 1. The normalized spacial score (nSPS) is 15.0. The third kappa shape index (κ3) is 13.9. The number of carboxylic acids is 1. The number of amides is 4. The lowest BCUT2D eigenvalue weighted by Crippen LogP contribution is -2.57. The minimum atomic E-state index is -1.28. The van der Waals surface area contributed by atoms with Gasteiger partial charge in [0.05, 0.1) is 19.7 Å². The third-order valence-corrected chi connectivity index (χ3v) is 8.46. The van der Waals surface area contributed by atoms with E-state index in [-0.39, 0.29) is 25.1 Å². The van der Waals surface area contributed by atoms with Crippen LogP contribution < -0.4 is 37.1 Å². The smallest absolute Gasteiger partial charge is 0.326 e. The number of unbranched alkanes of at least 4 members (excludes halogenated alkanes) is 1. The Labute approximate surface area is 286 Å². The highest BCUT2D eigenvalue weighted by molar-refractivity contribution is 7.80. The van der Waals surface area contributed by atoms with Crippen LogP contribution in [0.3, 0.4) is 0 Å².